The van der Waals surface area contributed by atoms with E-state index in [-0.39, 0.29) is 17.7 Å². The van der Waals surface area contributed by atoms with Gasteiger partial charge < -0.3 is 15.1 Å². The highest BCUT2D eigenvalue weighted by Crippen LogP contribution is 2.19. The Balaban J connectivity index is 1.78. The average molecular weight is 392 g/mol. The van der Waals surface area contributed by atoms with Crippen molar-refractivity contribution in [3.8, 4) is 0 Å². The first-order valence-electron chi connectivity index (χ1n) is 9.55. The van der Waals surface area contributed by atoms with Gasteiger partial charge in [-0.25, -0.2) is 4.79 Å². The Bertz CT molecular complexity index is 1100. The summed E-state index contributed by atoms with van der Waals surface area (Å²) in [6, 6.07) is 14.6. The fourth-order valence-corrected chi connectivity index (χ4v) is 3.15. The summed E-state index contributed by atoms with van der Waals surface area (Å²) in [7, 11) is 0. The molecule has 2 aromatic carbocycles. The first kappa shape index (κ1) is 20.3. The topological polar surface area (TPSA) is 88.4 Å². The molecule has 150 valence electrons. The fourth-order valence-electron chi connectivity index (χ4n) is 3.15. The third-order valence-electron chi connectivity index (χ3n) is 4.61. The fraction of sp³-hybridized carbons (Fsp3) is 0.261. The molecule has 0 aliphatic rings. The van der Waals surface area contributed by atoms with E-state index >= 15 is 0 Å². The summed E-state index contributed by atoms with van der Waals surface area (Å²) in [4.78, 5) is 36.9. The van der Waals surface area contributed by atoms with Crippen LogP contribution in [-0.2, 0) is 4.79 Å². The minimum atomic E-state index is -0.675. The van der Waals surface area contributed by atoms with E-state index in [9.17, 15) is 14.4 Å². The molecule has 1 unspecified atom stereocenters. The average Bonchev–Trinajstić information content (AvgIpc) is 2.67. The van der Waals surface area contributed by atoms with Crippen molar-refractivity contribution in [1.29, 1.82) is 0 Å². The summed E-state index contributed by atoms with van der Waals surface area (Å²) >= 11 is 0. The van der Waals surface area contributed by atoms with Crippen molar-refractivity contribution < 1.29 is 14.0 Å². The van der Waals surface area contributed by atoms with Crippen molar-refractivity contribution in [1.82, 2.24) is 5.32 Å². The molecule has 1 heterocycles. The van der Waals surface area contributed by atoms with Crippen molar-refractivity contribution in [3.05, 3.63) is 76.1 Å². The molecule has 0 bridgehead atoms. The monoisotopic (exact) mass is 392 g/mol. The number of carbonyl (C=O) groups is 2. The van der Waals surface area contributed by atoms with Crippen LogP contribution in [0.25, 0.3) is 11.0 Å². The van der Waals surface area contributed by atoms with Crippen LogP contribution >= 0.6 is 0 Å². The second-order valence-electron chi connectivity index (χ2n) is 7.47. The van der Waals surface area contributed by atoms with Crippen LogP contribution in [0.5, 0.6) is 0 Å². The Labute approximate surface area is 168 Å². The molecule has 1 aromatic heterocycles. The maximum Gasteiger partial charge on any atom is 0.336 e. The molecular formula is C23H24N2O4. The molecule has 3 aromatic rings. The lowest BCUT2D eigenvalue weighted by Crippen LogP contribution is -2.44. The van der Waals surface area contributed by atoms with Crippen molar-refractivity contribution in [2.24, 2.45) is 5.92 Å². The van der Waals surface area contributed by atoms with E-state index in [1.807, 2.05) is 32.9 Å². The van der Waals surface area contributed by atoms with Crippen molar-refractivity contribution >= 4 is 28.5 Å². The number of amides is 2. The van der Waals surface area contributed by atoms with Gasteiger partial charge in [0.1, 0.15) is 11.6 Å². The third kappa shape index (κ3) is 5.10. The minimum Gasteiger partial charge on any atom is -0.423 e. The standard InChI is InChI=1S/C23H24N2O4/c1-14(2)12-19(25-22(27)18-7-5-4-6-15(18)3)23(28)24-17-9-10-20-16(13-17)8-11-21(26)29-20/h4-11,13-14,19H,12H2,1-3H3,(H,24,28)(H,25,27). The first-order chi connectivity index (χ1) is 13.8. The van der Waals surface area contributed by atoms with Crippen LogP contribution < -0.4 is 16.3 Å². The van der Waals surface area contributed by atoms with Crippen LogP contribution in [0.2, 0.25) is 0 Å². The Morgan fingerprint density at radius 2 is 1.79 bits per heavy atom. The molecule has 2 amide bonds. The number of hydrogen-bond acceptors (Lipinski definition) is 4. The molecule has 0 saturated heterocycles. The lowest BCUT2D eigenvalue weighted by atomic mass is 10.0. The van der Waals surface area contributed by atoms with Crippen LogP contribution in [0.3, 0.4) is 0 Å². The summed E-state index contributed by atoms with van der Waals surface area (Å²) in [5.41, 5.74) is 1.99. The molecule has 29 heavy (non-hydrogen) atoms. The number of rotatable bonds is 6. The molecule has 0 radical (unpaired) electrons. The zero-order valence-corrected chi connectivity index (χ0v) is 16.7. The summed E-state index contributed by atoms with van der Waals surface area (Å²) in [5.74, 6) is -0.352. The smallest absolute Gasteiger partial charge is 0.336 e. The third-order valence-corrected chi connectivity index (χ3v) is 4.61. The highest BCUT2D eigenvalue weighted by molar-refractivity contribution is 6.02. The molecule has 0 fully saturated rings. The van der Waals surface area contributed by atoms with Crippen molar-refractivity contribution in [2.75, 3.05) is 5.32 Å². The number of aryl methyl sites for hydroxylation is 1. The van der Waals surface area contributed by atoms with E-state index in [0.717, 1.165) is 5.56 Å². The van der Waals surface area contributed by atoms with E-state index in [4.69, 9.17) is 4.42 Å². The zero-order valence-electron chi connectivity index (χ0n) is 16.7. The summed E-state index contributed by atoms with van der Waals surface area (Å²) in [6.45, 7) is 5.86. The number of anilines is 1. The number of fused-ring (bicyclic) bond motifs is 1. The van der Waals surface area contributed by atoms with Gasteiger partial charge >= 0.3 is 5.63 Å². The van der Waals surface area contributed by atoms with Gasteiger partial charge in [0.15, 0.2) is 0 Å². The van der Waals surface area contributed by atoms with Gasteiger partial charge in [-0.2, -0.15) is 0 Å². The van der Waals surface area contributed by atoms with E-state index < -0.39 is 11.7 Å². The Hall–Kier alpha value is -3.41. The lowest BCUT2D eigenvalue weighted by molar-refractivity contribution is -0.118. The quantitative estimate of drug-likeness (QED) is 0.623. The second kappa shape index (κ2) is 8.73. The maximum atomic E-state index is 12.9. The summed E-state index contributed by atoms with van der Waals surface area (Å²) in [6.07, 6.45) is 0.506. The Morgan fingerprint density at radius 1 is 1.03 bits per heavy atom. The highest BCUT2D eigenvalue weighted by atomic mass is 16.4. The normalized spacial score (nSPS) is 12.0. The van der Waals surface area contributed by atoms with Crippen LogP contribution in [0.15, 0.2) is 63.8 Å². The van der Waals surface area contributed by atoms with Crippen LogP contribution in [0.1, 0.15) is 36.2 Å². The predicted octanol–water partition coefficient (Wildman–Crippen LogP) is 3.88. The Morgan fingerprint density at radius 3 is 2.52 bits per heavy atom. The van der Waals surface area contributed by atoms with E-state index in [0.29, 0.717) is 28.6 Å². The van der Waals surface area contributed by atoms with Gasteiger partial charge in [0.2, 0.25) is 5.91 Å². The van der Waals surface area contributed by atoms with Crippen LogP contribution in [0.4, 0.5) is 5.69 Å². The SMILES string of the molecule is Cc1ccccc1C(=O)NC(CC(C)C)C(=O)Nc1ccc2oc(=O)ccc2c1. The van der Waals surface area contributed by atoms with E-state index in [1.165, 1.54) is 6.07 Å². The largest absolute Gasteiger partial charge is 0.423 e. The number of nitrogens with one attached hydrogen (secondary N) is 2. The minimum absolute atomic E-state index is 0.216. The number of hydrogen-bond donors (Lipinski definition) is 2. The summed E-state index contributed by atoms with van der Waals surface area (Å²) in [5, 5.41) is 6.41. The van der Waals surface area contributed by atoms with Crippen molar-refractivity contribution in [2.45, 2.75) is 33.2 Å². The van der Waals surface area contributed by atoms with Gasteiger partial charge in [-0.1, -0.05) is 32.0 Å². The maximum absolute atomic E-state index is 12.9. The van der Waals surface area contributed by atoms with Gasteiger partial charge in [-0.05, 0) is 55.2 Å². The highest BCUT2D eigenvalue weighted by Gasteiger charge is 2.23. The van der Waals surface area contributed by atoms with Crippen LogP contribution in [-0.4, -0.2) is 17.9 Å². The molecule has 2 N–H and O–H groups in total. The lowest BCUT2D eigenvalue weighted by Gasteiger charge is -2.21. The molecule has 0 aliphatic carbocycles. The second-order valence-corrected chi connectivity index (χ2v) is 7.47. The molecule has 3 rings (SSSR count). The van der Waals surface area contributed by atoms with Crippen LogP contribution in [0, 0.1) is 12.8 Å². The van der Waals surface area contributed by atoms with E-state index in [1.54, 1.807) is 36.4 Å². The molecule has 0 spiro atoms. The van der Waals surface area contributed by atoms with Gasteiger partial charge in [-0.3, -0.25) is 9.59 Å². The first-order valence-corrected chi connectivity index (χ1v) is 9.55. The van der Waals surface area contributed by atoms with Gasteiger partial charge in [-0.15, -0.1) is 0 Å². The van der Waals surface area contributed by atoms with Crippen molar-refractivity contribution in [3.63, 3.8) is 0 Å². The predicted molar refractivity (Wildman–Crippen MR) is 113 cm³/mol. The zero-order chi connectivity index (χ0) is 21.0. The molecule has 6 nitrogen and oxygen atoms in total. The molecule has 0 aliphatic heterocycles. The van der Waals surface area contributed by atoms with Gasteiger partial charge in [0.25, 0.3) is 5.91 Å². The molecule has 0 saturated carbocycles. The van der Waals surface area contributed by atoms with E-state index in [2.05, 4.69) is 10.6 Å². The van der Waals surface area contributed by atoms with Gasteiger partial charge in [0, 0.05) is 22.7 Å². The number of carbonyl (C=O) groups excluding carboxylic acids is 2. The molecule has 1 atom stereocenters. The molecule has 6 heteroatoms. The van der Waals surface area contributed by atoms with Gasteiger partial charge in [0.05, 0.1) is 0 Å². The Kier molecular flexibility index (Phi) is 6.12. The molecular weight excluding hydrogens is 368 g/mol. The summed E-state index contributed by atoms with van der Waals surface area (Å²) < 4.78 is 5.11. The number of benzene rings is 2.